The molecule has 0 amide bonds. The van der Waals surface area contributed by atoms with Crippen molar-refractivity contribution in [3.63, 3.8) is 0 Å². The summed E-state index contributed by atoms with van der Waals surface area (Å²) < 4.78 is 5.78. The van der Waals surface area contributed by atoms with E-state index in [1.165, 1.54) is 45.4 Å². The first-order valence-electron chi connectivity index (χ1n) is 7.84. The molecular weight excluding hydrogens is 238 g/mol. The van der Waals surface area contributed by atoms with Gasteiger partial charge in [-0.2, -0.15) is 0 Å². The number of nitrogens with one attached hydrogen (secondary N) is 1. The molecule has 19 heavy (non-hydrogen) atoms. The molecule has 0 bridgehead atoms. The summed E-state index contributed by atoms with van der Waals surface area (Å²) in [6.45, 7) is 10.1. The van der Waals surface area contributed by atoms with Gasteiger partial charge in [-0.05, 0) is 33.4 Å². The topological polar surface area (TPSA) is 27.7 Å². The standard InChI is InChI=1S/C15H31N3O/c1-4-14-10-18(8-7-17(14)3)12-15(11-16-2)6-5-9-19-13-15/h14,16H,4-13H2,1-3H3. The molecule has 2 fully saturated rings. The molecule has 0 aromatic rings. The molecule has 2 atom stereocenters. The smallest absolute Gasteiger partial charge is 0.0546 e. The van der Waals surface area contributed by atoms with E-state index in [9.17, 15) is 0 Å². The fourth-order valence-corrected chi connectivity index (χ4v) is 3.67. The van der Waals surface area contributed by atoms with Crippen LogP contribution >= 0.6 is 0 Å². The lowest BCUT2D eigenvalue weighted by molar-refractivity contribution is -0.0366. The summed E-state index contributed by atoms with van der Waals surface area (Å²) >= 11 is 0. The lowest BCUT2D eigenvalue weighted by atomic mass is 9.81. The molecule has 1 N–H and O–H groups in total. The van der Waals surface area contributed by atoms with Crippen molar-refractivity contribution in [2.24, 2.45) is 5.41 Å². The zero-order valence-corrected chi connectivity index (χ0v) is 13.0. The van der Waals surface area contributed by atoms with E-state index in [4.69, 9.17) is 4.74 Å². The van der Waals surface area contributed by atoms with Gasteiger partial charge < -0.3 is 15.0 Å². The Kier molecular flexibility index (Phi) is 5.63. The summed E-state index contributed by atoms with van der Waals surface area (Å²) in [6, 6.07) is 0.727. The minimum absolute atomic E-state index is 0.335. The largest absolute Gasteiger partial charge is 0.381 e. The molecule has 4 heteroatoms. The Balaban J connectivity index is 1.93. The predicted molar refractivity (Wildman–Crippen MR) is 79.6 cm³/mol. The third-order valence-electron chi connectivity index (χ3n) is 4.85. The van der Waals surface area contributed by atoms with Gasteiger partial charge in [0.05, 0.1) is 6.61 Å². The third kappa shape index (κ3) is 3.91. The first kappa shape index (κ1) is 15.2. The highest BCUT2D eigenvalue weighted by Crippen LogP contribution is 2.30. The van der Waals surface area contributed by atoms with E-state index in [0.29, 0.717) is 5.41 Å². The van der Waals surface area contributed by atoms with Gasteiger partial charge in [0.1, 0.15) is 0 Å². The summed E-state index contributed by atoms with van der Waals surface area (Å²) in [6.07, 6.45) is 3.77. The van der Waals surface area contributed by atoms with Crippen LogP contribution in [0.15, 0.2) is 0 Å². The van der Waals surface area contributed by atoms with Crippen molar-refractivity contribution in [1.29, 1.82) is 0 Å². The van der Waals surface area contributed by atoms with Gasteiger partial charge >= 0.3 is 0 Å². The SMILES string of the molecule is CCC1CN(CC2(CNC)CCCOC2)CCN1C. The summed E-state index contributed by atoms with van der Waals surface area (Å²) in [4.78, 5) is 5.18. The summed E-state index contributed by atoms with van der Waals surface area (Å²) in [5.74, 6) is 0. The van der Waals surface area contributed by atoms with Gasteiger partial charge in [0.25, 0.3) is 0 Å². The zero-order chi connectivity index (χ0) is 13.7. The minimum Gasteiger partial charge on any atom is -0.381 e. The van der Waals surface area contributed by atoms with Crippen molar-refractivity contribution >= 4 is 0 Å². The van der Waals surface area contributed by atoms with Gasteiger partial charge in [-0.15, -0.1) is 0 Å². The van der Waals surface area contributed by atoms with Crippen LogP contribution < -0.4 is 5.32 Å². The molecular formula is C15H31N3O. The van der Waals surface area contributed by atoms with E-state index in [1.807, 2.05) is 0 Å². The van der Waals surface area contributed by atoms with Gasteiger partial charge in [-0.3, -0.25) is 4.90 Å². The maximum Gasteiger partial charge on any atom is 0.0546 e. The van der Waals surface area contributed by atoms with Crippen LogP contribution in [-0.4, -0.2) is 75.9 Å². The van der Waals surface area contributed by atoms with Crippen molar-refractivity contribution in [2.75, 3.05) is 60.0 Å². The molecule has 2 heterocycles. The molecule has 0 radical (unpaired) electrons. The molecule has 2 saturated heterocycles. The lowest BCUT2D eigenvalue weighted by Gasteiger charge is -2.45. The van der Waals surface area contributed by atoms with E-state index in [1.54, 1.807) is 0 Å². The van der Waals surface area contributed by atoms with Crippen LogP contribution in [0.4, 0.5) is 0 Å². The molecule has 112 valence electrons. The molecule has 2 aliphatic rings. The van der Waals surface area contributed by atoms with Crippen LogP contribution in [0.3, 0.4) is 0 Å². The minimum atomic E-state index is 0.335. The van der Waals surface area contributed by atoms with Gasteiger partial charge in [-0.25, -0.2) is 0 Å². The Labute approximate surface area is 118 Å². The van der Waals surface area contributed by atoms with Crippen molar-refractivity contribution in [1.82, 2.24) is 15.1 Å². The Morgan fingerprint density at radius 2 is 2.21 bits per heavy atom. The maximum absolute atomic E-state index is 5.78. The highest BCUT2D eigenvalue weighted by molar-refractivity contribution is 4.89. The fraction of sp³-hybridized carbons (Fsp3) is 1.00. The second kappa shape index (κ2) is 7.02. The fourth-order valence-electron chi connectivity index (χ4n) is 3.67. The number of nitrogens with zero attached hydrogens (tertiary/aromatic N) is 2. The van der Waals surface area contributed by atoms with Crippen LogP contribution in [0, 0.1) is 5.41 Å². The molecule has 0 aromatic carbocycles. The Hall–Kier alpha value is -0.160. The number of ether oxygens (including phenoxy) is 1. The second-order valence-electron chi connectivity index (χ2n) is 6.46. The number of hydrogen-bond acceptors (Lipinski definition) is 4. The monoisotopic (exact) mass is 269 g/mol. The summed E-state index contributed by atoms with van der Waals surface area (Å²) in [7, 11) is 4.33. The molecule has 0 saturated carbocycles. The van der Waals surface area contributed by atoms with E-state index < -0.39 is 0 Å². The van der Waals surface area contributed by atoms with Crippen molar-refractivity contribution in [2.45, 2.75) is 32.2 Å². The second-order valence-corrected chi connectivity index (χ2v) is 6.46. The van der Waals surface area contributed by atoms with Crippen molar-refractivity contribution in [3.8, 4) is 0 Å². The Morgan fingerprint density at radius 3 is 2.84 bits per heavy atom. The molecule has 0 spiro atoms. The van der Waals surface area contributed by atoms with Crippen LogP contribution in [0.1, 0.15) is 26.2 Å². The number of rotatable bonds is 5. The maximum atomic E-state index is 5.78. The third-order valence-corrected chi connectivity index (χ3v) is 4.85. The summed E-state index contributed by atoms with van der Waals surface area (Å²) in [5.41, 5.74) is 0.335. The van der Waals surface area contributed by atoms with Crippen LogP contribution in [0.5, 0.6) is 0 Å². The highest BCUT2D eigenvalue weighted by Gasteiger charge is 2.36. The Morgan fingerprint density at radius 1 is 1.37 bits per heavy atom. The zero-order valence-electron chi connectivity index (χ0n) is 13.0. The van der Waals surface area contributed by atoms with E-state index in [2.05, 4.69) is 36.1 Å². The van der Waals surface area contributed by atoms with Crippen molar-refractivity contribution < 1.29 is 4.74 Å². The van der Waals surface area contributed by atoms with Gasteiger partial charge in [0, 0.05) is 50.8 Å². The first-order valence-corrected chi connectivity index (χ1v) is 7.84. The molecule has 0 aliphatic carbocycles. The normalized spacial score (nSPS) is 34.6. The quantitative estimate of drug-likeness (QED) is 0.807. The highest BCUT2D eigenvalue weighted by atomic mass is 16.5. The number of piperazine rings is 1. The van der Waals surface area contributed by atoms with E-state index in [-0.39, 0.29) is 0 Å². The lowest BCUT2D eigenvalue weighted by Crippen LogP contribution is -2.56. The van der Waals surface area contributed by atoms with Gasteiger partial charge in [0.2, 0.25) is 0 Å². The Bertz CT molecular complexity index is 261. The van der Waals surface area contributed by atoms with Crippen LogP contribution in [0.2, 0.25) is 0 Å². The first-order chi connectivity index (χ1) is 9.19. The molecule has 0 aromatic heterocycles. The van der Waals surface area contributed by atoms with Gasteiger partial charge in [0.15, 0.2) is 0 Å². The summed E-state index contributed by atoms with van der Waals surface area (Å²) in [5, 5.41) is 3.38. The average molecular weight is 269 g/mol. The molecule has 4 nitrogen and oxygen atoms in total. The number of likely N-dealkylation sites (N-methyl/N-ethyl adjacent to an activating group) is 1. The molecule has 2 unspecified atom stereocenters. The van der Waals surface area contributed by atoms with Crippen molar-refractivity contribution in [3.05, 3.63) is 0 Å². The average Bonchev–Trinajstić information content (AvgIpc) is 2.42. The molecule has 2 rings (SSSR count). The molecule has 2 aliphatic heterocycles. The van der Waals surface area contributed by atoms with Crippen LogP contribution in [-0.2, 0) is 4.74 Å². The van der Waals surface area contributed by atoms with Gasteiger partial charge in [-0.1, -0.05) is 6.92 Å². The van der Waals surface area contributed by atoms with E-state index >= 15 is 0 Å². The van der Waals surface area contributed by atoms with Crippen LogP contribution in [0.25, 0.3) is 0 Å². The van der Waals surface area contributed by atoms with E-state index in [0.717, 1.165) is 25.8 Å². The predicted octanol–water partition coefficient (Wildman–Crippen LogP) is 1.03. The number of hydrogen-bond donors (Lipinski definition) is 1.